The highest BCUT2D eigenvalue weighted by molar-refractivity contribution is 5.96. The van der Waals surface area contributed by atoms with E-state index in [0.29, 0.717) is 18.4 Å². The van der Waals surface area contributed by atoms with E-state index in [1.165, 1.54) is 0 Å². The van der Waals surface area contributed by atoms with E-state index in [0.717, 1.165) is 64.0 Å². The number of hydrogen-bond acceptors (Lipinski definition) is 5. The average molecular weight is 416 g/mol. The summed E-state index contributed by atoms with van der Waals surface area (Å²) in [6, 6.07) is 8.10. The molecule has 2 aliphatic heterocycles. The van der Waals surface area contributed by atoms with Gasteiger partial charge in [-0.25, -0.2) is 4.79 Å². The molecule has 3 aliphatic rings. The van der Waals surface area contributed by atoms with Crippen molar-refractivity contribution in [2.45, 2.75) is 45.1 Å². The van der Waals surface area contributed by atoms with Crippen molar-refractivity contribution < 1.29 is 19.1 Å². The SMILES string of the molecule is CCOC(=O)N1CCC(N2CCC3(CC2)C[C@@H]3C(=O)Nc2ccccc2OC)CC1. The average Bonchev–Trinajstić information content (AvgIpc) is 3.48. The summed E-state index contributed by atoms with van der Waals surface area (Å²) in [5.41, 5.74) is 0.923. The Hall–Kier alpha value is -2.28. The standard InChI is InChI=1S/C23H33N3O4/c1-3-30-22(28)26-12-8-17(9-13-26)25-14-10-23(11-15-25)16-18(23)21(27)24-19-6-4-5-7-20(19)29-2/h4-7,17-18H,3,8-16H2,1-2H3,(H,24,27)/t18-/m1/s1. The molecule has 0 bridgehead atoms. The summed E-state index contributed by atoms with van der Waals surface area (Å²) in [6.45, 7) is 5.91. The molecule has 1 N–H and O–H groups in total. The summed E-state index contributed by atoms with van der Waals surface area (Å²) in [6.07, 6.45) is 4.97. The molecule has 1 atom stereocenters. The first-order chi connectivity index (χ1) is 14.6. The van der Waals surface area contributed by atoms with Crippen LogP contribution in [0.4, 0.5) is 10.5 Å². The van der Waals surface area contributed by atoms with Crippen molar-refractivity contribution in [2.75, 3.05) is 45.2 Å². The largest absolute Gasteiger partial charge is 0.495 e. The van der Waals surface area contributed by atoms with Gasteiger partial charge in [0, 0.05) is 25.0 Å². The van der Waals surface area contributed by atoms with Gasteiger partial charge in [-0.3, -0.25) is 4.79 Å². The lowest BCUT2D eigenvalue weighted by Gasteiger charge is -2.42. The maximum absolute atomic E-state index is 12.8. The molecule has 30 heavy (non-hydrogen) atoms. The molecule has 2 amide bonds. The van der Waals surface area contributed by atoms with E-state index in [-0.39, 0.29) is 23.3 Å². The van der Waals surface area contributed by atoms with E-state index >= 15 is 0 Å². The molecule has 2 heterocycles. The van der Waals surface area contributed by atoms with Crippen LogP contribution in [0.2, 0.25) is 0 Å². The van der Waals surface area contributed by atoms with Crippen molar-refractivity contribution in [3.63, 3.8) is 0 Å². The highest BCUT2D eigenvalue weighted by Gasteiger charge is 2.58. The predicted molar refractivity (Wildman–Crippen MR) is 115 cm³/mol. The number of carbonyl (C=O) groups is 2. The second kappa shape index (κ2) is 8.84. The Balaban J connectivity index is 1.24. The van der Waals surface area contributed by atoms with Gasteiger partial charge in [-0.2, -0.15) is 0 Å². The zero-order chi connectivity index (χ0) is 21.1. The number of para-hydroxylation sites is 2. The van der Waals surface area contributed by atoms with Crippen LogP contribution < -0.4 is 10.1 Å². The number of rotatable bonds is 5. The Kier molecular flexibility index (Phi) is 6.18. The Bertz CT molecular complexity index is 767. The molecule has 7 heteroatoms. The summed E-state index contributed by atoms with van der Waals surface area (Å²) in [4.78, 5) is 29.1. The summed E-state index contributed by atoms with van der Waals surface area (Å²) < 4.78 is 10.5. The zero-order valence-corrected chi connectivity index (χ0v) is 18.1. The van der Waals surface area contributed by atoms with Crippen molar-refractivity contribution in [3.05, 3.63) is 24.3 Å². The predicted octanol–water partition coefficient (Wildman–Crippen LogP) is 3.36. The minimum absolute atomic E-state index is 0.107. The van der Waals surface area contributed by atoms with Crippen molar-refractivity contribution in [1.82, 2.24) is 9.80 Å². The van der Waals surface area contributed by atoms with Crippen molar-refractivity contribution in [3.8, 4) is 5.75 Å². The summed E-state index contributed by atoms with van der Waals surface area (Å²) >= 11 is 0. The van der Waals surface area contributed by atoms with Gasteiger partial charge in [-0.15, -0.1) is 0 Å². The zero-order valence-electron chi connectivity index (χ0n) is 18.1. The van der Waals surface area contributed by atoms with E-state index in [2.05, 4.69) is 10.2 Å². The minimum atomic E-state index is -0.185. The lowest BCUT2D eigenvalue weighted by Crippen LogP contribution is -2.49. The van der Waals surface area contributed by atoms with Crippen LogP contribution in [-0.2, 0) is 9.53 Å². The van der Waals surface area contributed by atoms with E-state index < -0.39 is 0 Å². The van der Waals surface area contributed by atoms with Crippen LogP contribution in [0.25, 0.3) is 0 Å². The second-order valence-corrected chi connectivity index (χ2v) is 8.76. The summed E-state index contributed by atoms with van der Waals surface area (Å²) in [5, 5.41) is 3.07. The molecule has 2 saturated heterocycles. The Morgan fingerprint density at radius 1 is 1.13 bits per heavy atom. The number of carbonyl (C=O) groups excluding carboxylic acids is 2. The van der Waals surface area contributed by atoms with Crippen molar-refractivity contribution in [2.24, 2.45) is 11.3 Å². The summed E-state index contributed by atoms with van der Waals surface area (Å²) in [7, 11) is 1.62. The number of hydrogen-bond donors (Lipinski definition) is 1. The van der Waals surface area contributed by atoms with Crippen LogP contribution in [0.15, 0.2) is 24.3 Å². The molecule has 0 unspecified atom stereocenters. The first-order valence-corrected chi connectivity index (χ1v) is 11.2. The number of nitrogens with zero attached hydrogens (tertiary/aromatic N) is 2. The number of nitrogens with one attached hydrogen (secondary N) is 1. The fraction of sp³-hybridized carbons (Fsp3) is 0.652. The van der Waals surface area contributed by atoms with E-state index in [9.17, 15) is 9.59 Å². The molecule has 3 fully saturated rings. The quantitative estimate of drug-likeness (QED) is 0.799. The van der Waals surface area contributed by atoms with Gasteiger partial charge in [-0.1, -0.05) is 12.1 Å². The number of likely N-dealkylation sites (tertiary alicyclic amines) is 2. The van der Waals surface area contributed by atoms with Crippen LogP contribution in [-0.4, -0.2) is 67.7 Å². The van der Waals surface area contributed by atoms with Gasteiger partial charge in [0.2, 0.25) is 5.91 Å². The fourth-order valence-electron chi connectivity index (χ4n) is 5.20. The first kappa shape index (κ1) is 21.0. The third kappa shape index (κ3) is 4.26. The van der Waals surface area contributed by atoms with Gasteiger partial charge in [0.1, 0.15) is 5.75 Å². The molecule has 1 aromatic carbocycles. The maximum atomic E-state index is 12.8. The van der Waals surface area contributed by atoms with E-state index in [1.54, 1.807) is 7.11 Å². The Morgan fingerprint density at radius 2 is 1.83 bits per heavy atom. The van der Waals surface area contributed by atoms with Crippen molar-refractivity contribution in [1.29, 1.82) is 0 Å². The third-order valence-electron chi connectivity index (χ3n) is 7.17. The first-order valence-electron chi connectivity index (χ1n) is 11.2. The van der Waals surface area contributed by atoms with Crippen LogP contribution in [0.5, 0.6) is 5.75 Å². The Morgan fingerprint density at radius 3 is 2.50 bits per heavy atom. The number of piperidine rings is 2. The van der Waals surface area contributed by atoms with Crippen LogP contribution in [0.3, 0.4) is 0 Å². The van der Waals surface area contributed by atoms with Crippen LogP contribution >= 0.6 is 0 Å². The van der Waals surface area contributed by atoms with Crippen molar-refractivity contribution >= 4 is 17.7 Å². The molecule has 7 nitrogen and oxygen atoms in total. The number of anilines is 1. The maximum Gasteiger partial charge on any atom is 0.409 e. The van der Waals surface area contributed by atoms with Gasteiger partial charge in [0.15, 0.2) is 0 Å². The third-order valence-corrected chi connectivity index (χ3v) is 7.17. The highest BCUT2D eigenvalue weighted by atomic mass is 16.6. The number of methoxy groups -OCH3 is 1. The lowest BCUT2D eigenvalue weighted by molar-refractivity contribution is -0.118. The monoisotopic (exact) mass is 415 g/mol. The number of benzene rings is 1. The molecule has 4 rings (SSSR count). The smallest absolute Gasteiger partial charge is 0.409 e. The van der Waals surface area contributed by atoms with Crippen LogP contribution in [0.1, 0.15) is 39.0 Å². The van der Waals surface area contributed by atoms with E-state index in [1.807, 2.05) is 36.1 Å². The molecular formula is C23H33N3O4. The molecule has 0 aromatic heterocycles. The Labute approximate surface area is 178 Å². The molecule has 164 valence electrons. The molecule has 1 spiro atoms. The second-order valence-electron chi connectivity index (χ2n) is 8.76. The van der Waals surface area contributed by atoms with Gasteiger partial charge in [0.05, 0.1) is 19.4 Å². The molecule has 1 saturated carbocycles. The molecule has 1 aromatic rings. The minimum Gasteiger partial charge on any atom is -0.495 e. The van der Waals surface area contributed by atoms with Gasteiger partial charge in [0.25, 0.3) is 0 Å². The molecule has 0 radical (unpaired) electrons. The van der Waals surface area contributed by atoms with Crippen LogP contribution in [0, 0.1) is 11.3 Å². The number of amides is 2. The van der Waals surface area contributed by atoms with Gasteiger partial charge >= 0.3 is 6.09 Å². The molecular weight excluding hydrogens is 382 g/mol. The number of ether oxygens (including phenoxy) is 2. The fourth-order valence-corrected chi connectivity index (χ4v) is 5.20. The lowest BCUT2D eigenvalue weighted by atomic mass is 9.88. The topological polar surface area (TPSA) is 71.1 Å². The highest BCUT2D eigenvalue weighted by Crippen LogP contribution is 2.60. The van der Waals surface area contributed by atoms with Gasteiger partial charge in [-0.05, 0) is 69.7 Å². The normalized spacial score (nSPS) is 23.8. The van der Waals surface area contributed by atoms with Gasteiger partial charge < -0.3 is 24.6 Å². The van der Waals surface area contributed by atoms with E-state index in [4.69, 9.17) is 9.47 Å². The molecule has 1 aliphatic carbocycles. The summed E-state index contributed by atoms with van der Waals surface area (Å²) in [5.74, 6) is 0.926.